The Hall–Kier alpha value is -1.79. The van der Waals surface area contributed by atoms with Gasteiger partial charge in [-0.25, -0.2) is 0 Å². The lowest BCUT2D eigenvalue weighted by molar-refractivity contribution is 0.0686. The van der Waals surface area contributed by atoms with E-state index in [4.69, 9.17) is 9.47 Å². The number of aromatic hydroxyl groups is 2. The van der Waals surface area contributed by atoms with Crippen LogP contribution in [0, 0.1) is 0 Å². The van der Waals surface area contributed by atoms with Crippen LogP contribution in [0.25, 0.3) is 0 Å². The van der Waals surface area contributed by atoms with Crippen LogP contribution < -0.4 is 5.32 Å². The van der Waals surface area contributed by atoms with Crippen LogP contribution in [-0.2, 0) is 9.47 Å². The van der Waals surface area contributed by atoms with Gasteiger partial charge in [-0.05, 0) is 25.0 Å². The maximum atomic E-state index is 11.8. The summed E-state index contributed by atoms with van der Waals surface area (Å²) in [6, 6.07) is 4.19. The minimum atomic E-state index is -0.485. The lowest BCUT2D eigenvalue weighted by atomic mass is 10.1. The quantitative estimate of drug-likeness (QED) is 0.594. The Balaban J connectivity index is 2.21. The molecule has 1 aromatic rings. The van der Waals surface area contributed by atoms with Crippen molar-refractivity contribution in [2.45, 2.75) is 12.8 Å². The van der Waals surface area contributed by atoms with E-state index in [2.05, 4.69) is 5.32 Å². The van der Waals surface area contributed by atoms with Crippen molar-refractivity contribution in [1.82, 2.24) is 5.32 Å². The first kappa shape index (κ1) is 16.3. The van der Waals surface area contributed by atoms with E-state index in [1.54, 1.807) is 7.11 Å². The van der Waals surface area contributed by atoms with E-state index in [0.717, 1.165) is 12.8 Å². The molecule has 20 heavy (non-hydrogen) atoms. The lowest BCUT2D eigenvalue weighted by Crippen LogP contribution is -2.24. The summed E-state index contributed by atoms with van der Waals surface area (Å²) in [5, 5.41) is 21.7. The average molecular weight is 283 g/mol. The van der Waals surface area contributed by atoms with Crippen molar-refractivity contribution < 1.29 is 24.5 Å². The molecule has 0 unspecified atom stereocenters. The molecule has 0 saturated carbocycles. The van der Waals surface area contributed by atoms with Crippen molar-refractivity contribution >= 4 is 5.91 Å². The maximum absolute atomic E-state index is 11.8. The number of phenolic OH excluding ortho intramolecular Hbond substituents is 2. The third-order valence-corrected chi connectivity index (χ3v) is 2.68. The minimum Gasteiger partial charge on any atom is -0.507 e. The van der Waals surface area contributed by atoms with Crippen molar-refractivity contribution in [3.8, 4) is 11.5 Å². The molecule has 0 bridgehead atoms. The van der Waals surface area contributed by atoms with Gasteiger partial charge < -0.3 is 25.0 Å². The van der Waals surface area contributed by atoms with Gasteiger partial charge in [-0.15, -0.1) is 0 Å². The first-order valence-electron chi connectivity index (χ1n) is 6.52. The van der Waals surface area contributed by atoms with Crippen LogP contribution in [-0.4, -0.2) is 49.6 Å². The summed E-state index contributed by atoms with van der Waals surface area (Å²) < 4.78 is 10.1. The Morgan fingerprint density at radius 1 is 1.15 bits per heavy atom. The molecule has 1 rings (SSSR count). The van der Waals surface area contributed by atoms with Crippen LogP contribution in [0.5, 0.6) is 11.5 Å². The third-order valence-electron chi connectivity index (χ3n) is 2.68. The third kappa shape index (κ3) is 5.46. The maximum Gasteiger partial charge on any atom is 0.258 e. The zero-order valence-corrected chi connectivity index (χ0v) is 11.6. The van der Waals surface area contributed by atoms with Gasteiger partial charge in [-0.2, -0.15) is 0 Å². The van der Waals surface area contributed by atoms with Crippen molar-refractivity contribution in [3.05, 3.63) is 23.8 Å². The highest BCUT2D eigenvalue weighted by Gasteiger charge is 2.14. The highest BCUT2D eigenvalue weighted by molar-refractivity contribution is 5.99. The molecule has 0 aliphatic heterocycles. The van der Waals surface area contributed by atoms with Gasteiger partial charge in [0, 0.05) is 20.3 Å². The first-order valence-corrected chi connectivity index (χ1v) is 6.52. The predicted octanol–water partition coefficient (Wildman–Crippen LogP) is 1.27. The van der Waals surface area contributed by atoms with Crippen molar-refractivity contribution in [3.63, 3.8) is 0 Å². The number of hydrogen-bond acceptors (Lipinski definition) is 5. The van der Waals surface area contributed by atoms with Gasteiger partial charge in [0.1, 0.15) is 17.1 Å². The summed E-state index contributed by atoms with van der Waals surface area (Å²) in [5.74, 6) is -0.948. The average Bonchev–Trinajstić information content (AvgIpc) is 2.41. The second kappa shape index (κ2) is 9.17. The second-order valence-electron chi connectivity index (χ2n) is 4.24. The Bertz CT molecular complexity index is 402. The number of phenols is 2. The van der Waals surface area contributed by atoms with E-state index in [-0.39, 0.29) is 17.1 Å². The molecule has 0 aromatic heterocycles. The van der Waals surface area contributed by atoms with Crippen LogP contribution in [0.3, 0.4) is 0 Å². The summed E-state index contributed by atoms with van der Waals surface area (Å²) in [5.41, 5.74) is -0.0937. The molecular weight excluding hydrogens is 262 g/mol. The molecular formula is C14H21NO5. The van der Waals surface area contributed by atoms with Crippen molar-refractivity contribution in [1.29, 1.82) is 0 Å². The fraction of sp³-hybridized carbons (Fsp3) is 0.500. The van der Waals surface area contributed by atoms with E-state index < -0.39 is 5.91 Å². The van der Waals surface area contributed by atoms with Gasteiger partial charge >= 0.3 is 0 Å². The topological polar surface area (TPSA) is 88.0 Å². The van der Waals surface area contributed by atoms with E-state index >= 15 is 0 Å². The van der Waals surface area contributed by atoms with Gasteiger partial charge in [-0.1, -0.05) is 6.07 Å². The second-order valence-corrected chi connectivity index (χ2v) is 4.24. The normalized spacial score (nSPS) is 10.4. The molecule has 1 aromatic carbocycles. The Morgan fingerprint density at radius 2 is 1.85 bits per heavy atom. The number of rotatable bonds is 9. The van der Waals surface area contributed by atoms with Gasteiger partial charge in [0.25, 0.3) is 5.91 Å². The molecule has 0 fully saturated rings. The SMILES string of the molecule is COCCOCCCCNC(=O)c1c(O)cccc1O. The standard InChI is InChI=1S/C14H21NO5/c1-19-9-10-20-8-3-2-7-15-14(18)13-11(16)5-4-6-12(13)17/h4-6,16-17H,2-3,7-10H2,1H3,(H,15,18). The fourth-order valence-electron chi connectivity index (χ4n) is 1.62. The van der Waals surface area contributed by atoms with Gasteiger partial charge in [0.05, 0.1) is 13.2 Å². The molecule has 0 atom stereocenters. The molecule has 3 N–H and O–H groups in total. The highest BCUT2D eigenvalue weighted by atomic mass is 16.5. The zero-order valence-electron chi connectivity index (χ0n) is 11.6. The number of methoxy groups -OCH3 is 1. The van der Waals surface area contributed by atoms with Gasteiger partial charge in [-0.3, -0.25) is 4.79 Å². The van der Waals surface area contributed by atoms with Crippen LogP contribution in [0.4, 0.5) is 0 Å². The summed E-state index contributed by atoms with van der Waals surface area (Å²) in [6.07, 6.45) is 1.57. The predicted molar refractivity (Wildman–Crippen MR) is 74.0 cm³/mol. The number of carbonyl (C=O) groups is 1. The van der Waals surface area contributed by atoms with Gasteiger partial charge in [0.15, 0.2) is 0 Å². The minimum absolute atomic E-state index is 0.0937. The summed E-state index contributed by atoms with van der Waals surface area (Å²) >= 11 is 0. The van der Waals surface area contributed by atoms with E-state index in [9.17, 15) is 15.0 Å². The molecule has 1 amide bonds. The molecule has 0 radical (unpaired) electrons. The number of nitrogens with one attached hydrogen (secondary N) is 1. The number of carbonyl (C=O) groups excluding carboxylic acids is 1. The number of amides is 1. The molecule has 0 spiro atoms. The Labute approximate surface area is 118 Å². The Kier molecular flexibility index (Phi) is 7.46. The zero-order chi connectivity index (χ0) is 14.8. The lowest BCUT2D eigenvalue weighted by Gasteiger charge is -2.08. The molecule has 112 valence electrons. The number of ether oxygens (including phenoxy) is 2. The molecule has 6 nitrogen and oxygen atoms in total. The number of unbranched alkanes of at least 4 members (excludes halogenated alkanes) is 1. The van der Waals surface area contributed by atoms with E-state index in [1.165, 1.54) is 18.2 Å². The Morgan fingerprint density at radius 3 is 2.50 bits per heavy atom. The largest absolute Gasteiger partial charge is 0.507 e. The van der Waals surface area contributed by atoms with Crippen molar-refractivity contribution in [2.75, 3.05) is 33.5 Å². The molecule has 0 aliphatic rings. The smallest absolute Gasteiger partial charge is 0.258 e. The number of benzene rings is 1. The molecule has 0 heterocycles. The number of hydrogen-bond donors (Lipinski definition) is 3. The van der Waals surface area contributed by atoms with Crippen molar-refractivity contribution in [2.24, 2.45) is 0 Å². The van der Waals surface area contributed by atoms with Crippen LogP contribution >= 0.6 is 0 Å². The van der Waals surface area contributed by atoms with Crippen LogP contribution in [0.2, 0.25) is 0 Å². The van der Waals surface area contributed by atoms with E-state index in [1.807, 2.05) is 0 Å². The van der Waals surface area contributed by atoms with E-state index in [0.29, 0.717) is 26.4 Å². The van der Waals surface area contributed by atoms with Crippen LogP contribution in [0.1, 0.15) is 23.2 Å². The summed E-state index contributed by atoms with van der Waals surface area (Å²) in [6.45, 7) is 2.21. The molecule has 0 aliphatic carbocycles. The van der Waals surface area contributed by atoms with Gasteiger partial charge in [0.2, 0.25) is 0 Å². The first-order chi connectivity index (χ1) is 9.66. The molecule has 6 heteroatoms. The fourth-order valence-corrected chi connectivity index (χ4v) is 1.62. The molecule has 0 saturated heterocycles. The monoisotopic (exact) mass is 283 g/mol. The van der Waals surface area contributed by atoms with Crippen LogP contribution in [0.15, 0.2) is 18.2 Å². The highest BCUT2D eigenvalue weighted by Crippen LogP contribution is 2.25. The summed E-state index contributed by atoms with van der Waals surface area (Å²) in [7, 11) is 1.62. The summed E-state index contributed by atoms with van der Waals surface area (Å²) in [4.78, 5) is 11.8.